The third kappa shape index (κ3) is 1.77. The van der Waals surface area contributed by atoms with Crippen LogP contribution in [-0.2, 0) is 0 Å². The minimum absolute atomic E-state index is 0.0566. The average molecular weight is 304 g/mol. The second-order valence-corrected chi connectivity index (χ2v) is 5.43. The van der Waals surface area contributed by atoms with Crippen LogP contribution in [0.1, 0.15) is 20.7 Å². The summed E-state index contributed by atoms with van der Waals surface area (Å²) in [6.07, 6.45) is 0. The first-order chi connectivity index (χ1) is 11.1. The van der Waals surface area contributed by atoms with Crippen LogP contribution in [0, 0.1) is 0 Å². The van der Waals surface area contributed by atoms with E-state index in [2.05, 4.69) is 0 Å². The van der Waals surface area contributed by atoms with Gasteiger partial charge in [-0.25, -0.2) is 10.6 Å². The summed E-state index contributed by atoms with van der Waals surface area (Å²) in [7, 11) is 0. The normalized spacial score (nSPS) is 11.3. The number of nitrogen functional groups attached to an aromatic ring is 1. The van der Waals surface area contributed by atoms with Crippen molar-refractivity contribution in [3.05, 3.63) is 59.7 Å². The maximum atomic E-state index is 12.2. The van der Waals surface area contributed by atoms with Gasteiger partial charge in [0.2, 0.25) is 0 Å². The molecule has 1 amide bonds. The Labute approximate surface area is 130 Å². The van der Waals surface area contributed by atoms with E-state index in [-0.39, 0.29) is 11.1 Å². The number of nitrogens with two attached hydrogens (primary N) is 1. The van der Waals surface area contributed by atoms with E-state index in [9.17, 15) is 14.7 Å². The Hall–Kier alpha value is -3.18. The fraction of sp³-hybridized carbons (Fsp3) is 0. The maximum absolute atomic E-state index is 12.2. The summed E-state index contributed by atoms with van der Waals surface area (Å²) >= 11 is 0. The lowest BCUT2D eigenvalue weighted by atomic mass is 9.89. The van der Waals surface area contributed by atoms with Gasteiger partial charge in [-0.15, -0.1) is 0 Å². The summed E-state index contributed by atoms with van der Waals surface area (Å²) in [5, 5.41) is 14.8. The van der Waals surface area contributed by atoms with Crippen molar-refractivity contribution in [2.45, 2.75) is 0 Å². The highest BCUT2D eigenvalue weighted by Crippen LogP contribution is 2.37. The molecule has 0 atom stereocenters. The van der Waals surface area contributed by atoms with Crippen LogP contribution < -0.4 is 11.3 Å². The number of hydrogen-bond donors (Lipinski definition) is 3. The lowest BCUT2D eigenvalue weighted by Gasteiger charge is -2.15. The van der Waals surface area contributed by atoms with Gasteiger partial charge in [-0.1, -0.05) is 42.5 Å². The number of hydrazine groups is 1. The van der Waals surface area contributed by atoms with E-state index in [4.69, 9.17) is 5.84 Å². The molecule has 5 heteroatoms. The zero-order valence-electron chi connectivity index (χ0n) is 12.0. The first kappa shape index (κ1) is 13.5. The lowest BCUT2D eigenvalue weighted by Crippen LogP contribution is -2.31. The second-order valence-electron chi connectivity index (χ2n) is 5.43. The van der Waals surface area contributed by atoms with Crippen molar-refractivity contribution in [3.63, 3.8) is 0 Å². The number of hydrogen-bond acceptors (Lipinski definition) is 3. The van der Waals surface area contributed by atoms with Gasteiger partial charge in [0.25, 0.3) is 5.91 Å². The molecule has 0 heterocycles. The molecule has 0 bridgehead atoms. The molecule has 0 radical (unpaired) electrons. The molecule has 4 N–H and O–H groups in total. The minimum atomic E-state index is -1.16. The largest absolute Gasteiger partial charge is 0.478 e. The number of nitrogens with one attached hydrogen (secondary N) is 1. The Morgan fingerprint density at radius 1 is 0.913 bits per heavy atom. The predicted molar refractivity (Wildman–Crippen MR) is 88.8 cm³/mol. The molecule has 0 saturated heterocycles. The molecule has 0 unspecified atom stereocenters. The van der Waals surface area contributed by atoms with Crippen molar-refractivity contribution in [1.82, 2.24) is 5.43 Å². The monoisotopic (exact) mass is 304 g/mol. The Morgan fingerprint density at radius 3 is 2.22 bits per heavy atom. The minimum Gasteiger partial charge on any atom is -0.478 e. The van der Waals surface area contributed by atoms with Crippen LogP contribution in [0.4, 0.5) is 0 Å². The summed E-state index contributed by atoms with van der Waals surface area (Å²) in [6, 6.07) is 15.0. The first-order valence-corrected chi connectivity index (χ1v) is 7.06. The van der Waals surface area contributed by atoms with E-state index in [0.717, 1.165) is 26.9 Å². The van der Waals surface area contributed by atoms with Crippen molar-refractivity contribution in [1.29, 1.82) is 0 Å². The van der Waals surface area contributed by atoms with Crippen LogP contribution in [0.3, 0.4) is 0 Å². The molecule has 0 aliphatic carbocycles. The van der Waals surface area contributed by atoms with Gasteiger partial charge in [-0.3, -0.25) is 10.2 Å². The van der Waals surface area contributed by atoms with Crippen LogP contribution in [0.5, 0.6) is 0 Å². The predicted octanol–water partition coefficient (Wildman–Crippen LogP) is 2.89. The first-order valence-electron chi connectivity index (χ1n) is 7.06. The molecule has 23 heavy (non-hydrogen) atoms. The van der Waals surface area contributed by atoms with Crippen molar-refractivity contribution in [2.24, 2.45) is 5.84 Å². The van der Waals surface area contributed by atoms with E-state index in [1.165, 1.54) is 6.07 Å². The third-order valence-electron chi connectivity index (χ3n) is 4.24. The summed E-state index contributed by atoms with van der Waals surface area (Å²) in [5.74, 6) is 3.48. The van der Waals surface area contributed by atoms with Crippen molar-refractivity contribution < 1.29 is 14.7 Å². The number of rotatable bonds is 2. The zero-order valence-corrected chi connectivity index (χ0v) is 12.0. The molecule has 4 aromatic carbocycles. The van der Waals surface area contributed by atoms with Gasteiger partial charge in [0.15, 0.2) is 0 Å². The summed E-state index contributed by atoms with van der Waals surface area (Å²) in [5.41, 5.74) is 2.08. The quantitative estimate of drug-likeness (QED) is 0.230. The number of carbonyl (C=O) groups excluding carboxylic acids is 1. The van der Waals surface area contributed by atoms with Crippen molar-refractivity contribution >= 4 is 44.2 Å². The molecule has 5 nitrogen and oxygen atoms in total. The number of benzene rings is 4. The Balaban J connectivity index is 2.31. The van der Waals surface area contributed by atoms with Crippen LogP contribution in [-0.4, -0.2) is 17.0 Å². The summed E-state index contributed by atoms with van der Waals surface area (Å²) in [4.78, 5) is 23.8. The topological polar surface area (TPSA) is 92.4 Å². The molecule has 4 aromatic rings. The highest BCUT2D eigenvalue weighted by molar-refractivity contribution is 6.28. The van der Waals surface area contributed by atoms with Crippen LogP contribution >= 0.6 is 0 Å². The number of carboxylic acid groups (broad SMARTS) is 1. The third-order valence-corrected chi connectivity index (χ3v) is 4.24. The van der Waals surface area contributed by atoms with Gasteiger partial charge in [0, 0.05) is 0 Å². The summed E-state index contributed by atoms with van der Waals surface area (Å²) < 4.78 is 0. The molecule has 112 valence electrons. The SMILES string of the molecule is NNC(=O)c1c(C(=O)O)cc2ccc3cccc4ccc1c2c34. The fourth-order valence-electron chi connectivity index (χ4n) is 3.30. The van der Waals surface area contributed by atoms with E-state index in [1.807, 2.05) is 41.8 Å². The second kappa shape index (κ2) is 4.66. The molecule has 0 fully saturated rings. The molecule has 0 spiro atoms. The molecule has 4 rings (SSSR count). The van der Waals surface area contributed by atoms with E-state index in [1.54, 1.807) is 6.07 Å². The number of carbonyl (C=O) groups is 2. The van der Waals surface area contributed by atoms with Crippen LogP contribution in [0.15, 0.2) is 48.5 Å². The smallest absolute Gasteiger partial charge is 0.336 e. The number of amides is 1. The summed E-state index contributed by atoms with van der Waals surface area (Å²) in [6.45, 7) is 0. The molecule has 0 saturated carbocycles. The Kier molecular flexibility index (Phi) is 2.73. The zero-order chi connectivity index (χ0) is 16.1. The maximum Gasteiger partial charge on any atom is 0.336 e. The van der Waals surface area contributed by atoms with Crippen LogP contribution in [0.25, 0.3) is 32.3 Å². The molecule has 0 aromatic heterocycles. The van der Waals surface area contributed by atoms with Crippen molar-refractivity contribution in [2.75, 3.05) is 0 Å². The Morgan fingerprint density at radius 2 is 1.57 bits per heavy atom. The van der Waals surface area contributed by atoms with Gasteiger partial charge in [-0.2, -0.15) is 0 Å². The fourth-order valence-corrected chi connectivity index (χ4v) is 3.30. The number of carboxylic acids is 1. The highest BCUT2D eigenvalue weighted by atomic mass is 16.4. The van der Waals surface area contributed by atoms with Crippen molar-refractivity contribution in [3.8, 4) is 0 Å². The number of aromatic carboxylic acids is 1. The van der Waals surface area contributed by atoms with Gasteiger partial charge in [-0.05, 0) is 38.4 Å². The molecular weight excluding hydrogens is 292 g/mol. The molecular formula is C18H12N2O3. The van der Waals surface area contributed by atoms with Gasteiger partial charge >= 0.3 is 5.97 Å². The average Bonchev–Trinajstić information content (AvgIpc) is 2.58. The van der Waals surface area contributed by atoms with Gasteiger partial charge in [0.05, 0.1) is 11.1 Å². The van der Waals surface area contributed by atoms with E-state index < -0.39 is 11.9 Å². The lowest BCUT2D eigenvalue weighted by molar-refractivity contribution is 0.0691. The van der Waals surface area contributed by atoms with Crippen LogP contribution in [0.2, 0.25) is 0 Å². The van der Waals surface area contributed by atoms with Gasteiger partial charge < -0.3 is 5.11 Å². The van der Waals surface area contributed by atoms with E-state index in [0.29, 0.717) is 5.39 Å². The Bertz CT molecular complexity index is 1090. The van der Waals surface area contributed by atoms with E-state index >= 15 is 0 Å². The van der Waals surface area contributed by atoms with Gasteiger partial charge in [0.1, 0.15) is 0 Å². The highest BCUT2D eigenvalue weighted by Gasteiger charge is 2.22. The molecule has 0 aliphatic rings. The molecule has 0 aliphatic heterocycles. The standard InChI is InChI=1S/C18H12N2O3/c19-20-17(21)16-12-7-6-10-3-1-2-9-4-5-11(15(12)14(9)10)8-13(16)18(22)23/h1-8H,19H2,(H,20,21)(H,22,23).